The van der Waals surface area contributed by atoms with Gasteiger partial charge in [0.15, 0.2) is 11.5 Å². The van der Waals surface area contributed by atoms with Crippen molar-refractivity contribution < 1.29 is 19.4 Å². The molecule has 1 N–H and O–H groups in total. The number of aryl methyl sites for hydroxylation is 1. The predicted octanol–water partition coefficient (Wildman–Crippen LogP) is 2.69. The summed E-state index contributed by atoms with van der Waals surface area (Å²) in [5.41, 5.74) is 1.90. The van der Waals surface area contributed by atoms with Gasteiger partial charge in [0.05, 0.1) is 18.7 Å². The van der Waals surface area contributed by atoms with Crippen molar-refractivity contribution in [1.82, 2.24) is 0 Å². The standard InChI is InChI=1S/C13H15ClO4/c1-17-10-7-8(3-2-4-11(15)16)12(14)9-5-6-18-13(9)10/h7H,2-6H2,1H3,(H,15,16). The lowest BCUT2D eigenvalue weighted by Gasteiger charge is -2.12. The summed E-state index contributed by atoms with van der Waals surface area (Å²) in [6.45, 7) is 0.615. The van der Waals surface area contributed by atoms with Gasteiger partial charge >= 0.3 is 5.97 Å². The van der Waals surface area contributed by atoms with Crippen molar-refractivity contribution in [2.24, 2.45) is 0 Å². The number of methoxy groups -OCH3 is 1. The summed E-state index contributed by atoms with van der Waals surface area (Å²) in [7, 11) is 1.59. The number of carboxylic acid groups (broad SMARTS) is 1. The first-order valence-corrected chi connectivity index (χ1v) is 6.24. The number of ether oxygens (including phenoxy) is 2. The Kier molecular flexibility index (Phi) is 3.97. The Labute approximate surface area is 110 Å². The molecule has 1 heterocycles. The van der Waals surface area contributed by atoms with Crippen molar-refractivity contribution in [3.05, 3.63) is 22.2 Å². The summed E-state index contributed by atoms with van der Waals surface area (Å²) in [5, 5.41) is 9.33. The maximum Gasteiger partial charge on any atom is 0.303 e. The molecular formula is C13H15ClO4. The third kappa shape index (κ3) is 2.53. The van der Waals surface area contributed by atoms with Crippen molar-refractivity contribution in [3.63, 3.8) is 0 Å². The number of aliphatic carboxylic acids is 1. The molecule has 0 radical (unpaired) electrons. The van der Waals surface area contributed by atoms with E-state index in [1.165, 1.54) is 0 Å². The fourth-order valence-corrected chi connectivity index (χ4v) is 2.46. The first kappa shape index (κ1) is 13.0. The Hall–Kier alpha value is -1.42. The average Bonchev–Trinajstić information content (AvgIpc) is 2.81. The van der Waals surface area contributed by atoms with Crippen LogP contribution in [0.2, 0.25) is 5.02 Å². The number of carboxylic acids is 1. The SMILES string of the molecule is COc1cc(CCCC(=O)O)c(Cl)c2c1OCC2. The fourth-order valence-electron chi connectivity index (χ4n) is 2.13. The van der Waals surface area contributed by atoms with Gasteiger partial charge in [-0.2, -0.15) is 0 Å². The summed E-state index contributed by atoms with van der Waals surface area (Å²) < 4.78 is 10.8. The molecule has 5 heteroatoms. The Morgan fingerprint density at radius 3 is 3.06 bits per heavy atom. The van der Waals surface area contributed by atoms with Crippen molar-refractivity contribution in [3.8, 4) is 11.5 Å². The van der Waals surface area contributed by atoms with E-state index < -0.39 is 5.97 Å². The zero-order chi connectivity index (χ0) is 13.1. The second-order valence-corrected chi connectivity index (χ2v) is 4.58. The molecule has 1 aromatic rings. The van der Waals surface area contributed by atoms with Gasteiger partial charge in [0.2, 0.25) is 0 Å². The zero-order valence-electron chi connectivity index (χ0n) is 10.2. The molecule has 0 atom stereocenters. The minimum absolute atomic E-state index is 0.145. The lowest BCUT2D eigenvalue weighted by atomic mass is 10.0. The van der Waals surface area contributed by atoms with Gasteiger partial charge in [-0.3, -0.25) is 4.79 Å². The molecule has 2 rings (SSSR count). The van der Waals surface area contributed by atoms with E-state index in [9.17, 15) is 4.79 Å². The quantitative estimate of drug-likeness (QED) is 0.894. The number of benzene rings is 1. The molecule has 0 saturated carbocycles. The first-order chi connectivity index (χ1) is 8.63. The molecule has 0 aromatic heterocycles. The summed E-state index contributed by atoms with van der Waals surface area (Å²) in [5.74, 6) is 0.615. The second-order valence-electron chi connectivity index (χ2n) is 4.21. The van der Waals surface area contributed by atoms with E-state index in [4.69, 9.17) is 26.2 Å². The maximum atomic E-state index is 10.5. The van der Waals surface area contributed by atoms with Crippen molar-refractivity contribution in [2.75, 3.05) is 13.7 Å². The van der Waals surface area contributed by atoms with Gasteiger partial charge in [-0.1, -0.05) is 11.6 Å². The highest BCUT2D eigenvalue weighted by Crippen LogP contribution is 2.42. The average molecular weight is 271 g/mol. The van der Waals surface area contributed by atoms with Crippen LogP contribution < -0.4 is 9.47 Å². The van der Waals surface area contributed by atoms with Crippen LogP contribution >= 0.6 is 11.6 Å². The Bertz CT molecular complexity index is 471. The molecule has 0 amide bonds. The molecule has 0 spiro atoms. The van der Waals surface area contributed by atoms with Crippen molar-refractivity contribution in [2.45, 2.75) is 25.7 Å². The molecule has 1 aliphatic heterocycles. The largest absolute Gasteiger partial charge is 0.493 e. The number of carbonyl (C=O) groups is 1. The van der Waals surface area contributed by atoms with Crippen LogP contribution in [-0.4, -0.2) is 24.8 Å². The third-order valence-electron chi connectivity index (χ3n) is 3.01. The van der Waals surface area contributed by atoms with E-state index in [1.807, 2.05) is 6.07 Å². The monoisotopic (exact) mass is 270 g/mol. The van der Waals surface area contributed by atoms with Gasteiger partial charge in [0.1, 0.15) is 0 Å². The van der Waals surface area contributed by atoms with E-state index in [0.717, 1.165) is 23.3 Å². The fraction of sp³-hybridized carbons (Fsp3) is 0.462. The van der Waals surface area contributed by atoms with Crippen LogP contribution in [0, 0.1) is 0 Å². The smallest absolute Gasteiger partial charge is 0.303 e. The van der Waals surface area contributed by atoms with Gasteiger partial charge in [-0.25, -0.2) is 0 Å². The van der Waals surface area contributed by atoms with Crippen LogP contribution in [-0.2, 0) is 17.6 Å². The Balaban J connectivity index is 2.22. The number of halogens is 1. The number of hydrogen-bond donors (Lipinski definition) is 1. The van der Waals surface area contributed by atoms with Crippen molar-refractivity contribution >= 4 is 17.6 Å². The van der Waals surface area contributed by atoms with E-state index in [0.29, 0.717) is 30.2 Å². The van der Waals surface area contributed by atoms with E-state index in [1.54, 1.807) is 7.11 Å². The number of hydrogen-bond acceptors (Lipinski definition) is 3. The summed E-state index contributed by atoms with van der Waals surface area (Å²) >= 11 is 6.32. The van der Waals surface area contributed by atoms with Crippen LogP contribution in [0.15, 0.2) is 6.07 Å². The third-order valence-corrected chi connectivity index (χ3v) is 3.48. The Morgan fingerprint density at radius 1 is 1.61 bits per heavy atom. The minimum Gasteiger partial charge on any atom is -0.493 e. The molecule has 4 nitrogen and oxygen atoms in total. The highest BCUT2D eigenvalue weighted by atomic mass is 35.5. The van der Waals surface area contributed by atoms with Crippen molar-refractivity contribution in [1.29, 1.82) is 0 Å². The normalized spacial score (nSPS) is 13.0. The maximum absolute atomic E-state index is 10.5. The lowest BCUT2D eigenvalue weighted by Crippen LogP contribution is -1.98. The van der Waals surface area contributed by atoms with E-state index in [2.05, 4.69) is 0 Å². The van der Waals surface area contributed by atoms with Crippen LogP contribution in [0.5, 0.6) is 11.5 Å². The van der Waals surface area contributed by atoms with E-state index in [-0.39, 0.29) is 6.42 Å². The topological polar surface area (TPSA) is 55.8 Å². The molecule has 0 aliphatic carbocycles. The molecular weight excluding hydrogens is 256 g/mol. The zero-order valence-corrected chi connectivity index (χ0v) is 10.9. The molecule has 0 unspecified atom stereocenters. The summed E-state index contributed by atoms with van der Waals surface area (Å²) in [4.78, 5) is 10.5. The summed E-state index contributed by atoms with van der Waals surface area (Å²) in [6.07, 6.45) is 2.12. The lowest BCUT2D eigenvalue weighted by molar-refractivity contribution is -0.137. The van der Waals surface area contributed by atoms with Gasteiger partial charge in [-0.05, 0) is 24.5 Å². The van der Waals surface area contributed by atoms with Crippen LogP contribution in [0.1, 0.15) is 24.0 Å². The summed E-state index contributed by atoms with van der Waals surface area (Å²) in [6, 6.07) is 1.84. The highest BCUT2D eigenvalue weighted by Gasteiger charge is 2.23. The minimum atomic E-state index is -0.789. The highest BCUT2D eigenvalue weighted by molar-refractivity contribution is 6.32. The Morgan fingerprint density at radius 2 is 2.39 bits per heavy atom. The van der Waals surface area contributed by atoms with Crippen LogP contribution in [0.3, 0.4) is 0 Å². The molecule has 0 fully saturated rings. The first-order valence-electron chi connectivity index (χ1n) is 5.86. The van der Waals surface area contributed by atoms with Crippen LogP contribution in [0.25, 0.3) is 0 Å². The molecule has 0 bridgehead atoms. The molecule has 18 heavy (non-hydrogen) atoms. The number of fused-ring (bicyclic) bond motifs is 1. The van der Waals surface area contributed by atoms with E-state index >= 15 is 0 Å². The predicted molar refractivity (Wildman–Crippen MR) is 67.8 cm³/mol. The van der Waals surface area contributed by atoms with Gasteiger partial charge in [0, 0.05) is 18.4 Å². The number of rotatable bonds is 5. The van der Waals surface area contributed by atoms with Gasteiger partial charge in [0.25, 0.3) is 0 Å². The molecule has 98 valence electrons. The second kappa shape index (κ2) is 5.48. The van der Waals surface area contributed by atoms with Crippen LogP contribution in [0.4, 0.5) is 0 Å². The van der Waals surface area contributed by atoms with Gasteiger partial charge in [-0.15, -0.1) is 0 Å². The molecule has 0 saturated heterocycles. The molecule has 1 aromatic carbocycles. The molecule has 1 aliphatic rings. The van der Waals surface area contributed by atoms with Gasteiger partial charge < -0.3 is 14.6 Å².